The molecule has 6 nitrogen and oxygen atoms in total. The van der Waals surface area contributed by atoms with Gasteiger partial charge in [0, 0.05) is 18.0 Å². The molecule has 128 valence electrons. The van der Waals surface area contributed by atoms with Gasteiger partial charge in [-0.05, 0) is 42.0 Å². The Hall–Kier alpha value is -2.93. The van der Waals surface area contributed by atoms with Gasteiger partial charge in [0.2, 0.25) is 0 Å². The van der Waals surface area contributed by atoms with E-state index in [1.54, 1.807) is 23.0 Å². The summed E-state index contributed by atoms with van der Waals surface area (Å²) >= 11 is 1.57. The molecule has 0 saturated heterocycles. The number of aromatic nitrogens is 3. The molecule has 7 heteroatoms. The average Bonchev–Trinajstić information content (AvgIpc) is 3.13. The van der Waals surface area contributed by atoms with E-state index in [0.717, 1.165) is 27.0 Å². The molecule has 0 aliphatic carbocycles. The second-order valence-electron chi connectivity index (χ2n) is 5.87. The third-order valence-electron chi connectivity index (χ3n) is 3.71. The van der Waals surface area contributed by atoms with Crippen LogP contribution in [0.2, 0.25) is 0 Å². The molecule has 0 radical (unpaired) electrons. The van der Waals surface area contributed by atoms with Crippen LogP contribution < -0.4 is 16.8 Å². The number of nitrogens with zero attached hydrogens (tertiary/aromatic N) is 3. The minimum Gasteiger partial charge on any atom is -0.404 e. The van der Waals surface area contributed by atoms with Crippen LogP contribution in [0.3, 0.4) is 0 Å². The van der Waals surface area contributed by atoms with Crippen LogP contribution in [0.25, 0.3) is 21.5 Å². The lowest BCUT2D eigenvalue weighted by atomic mass is 10.0. The fourth-order valence-corrected chi connectivity index (χ4v) is 2.94. The second-order valence-corrected chi connectivity index (χ2v) is 6.76. The number of rotatable bonds is 5. The summed E-state index contributed by atoms with van der Waals surface area (Å²) in [6.07, 6.45) is 7.05. The summed E-state index contributed by atoms with van der Waals surface area (Å²) in [6.45, 7) is 4.12. The van der Waals surface area contributed by atoms with Crippen LogP contribution >= 0.6 is 11.3 Å². The number of hydrogen-bond donors (Lipinski definition) is 3. The summed E-state index contributed by atoms with van der Waals surface area (Å²) in [6, 6.07) is 5.76. The molecule has 0 unspecified atom stereocenters. The van der Waals surface area contributed by atoms with E-state index < -0.39 is 0 Å². The lowest BCUT2D eigenvalue weighted by Gasteiger charge is -2.10. The summed E-state index contributed by atoms with van der Waals surface area (Å²) in [7, 11) is 0. The lowest BCUT2D eigenvalue weighted by molar-refractivity contribution is 0.786. The summed E-state index contributed by atoms with van der Waals surface area (Å²) in [5.74, 6) is 1.44. The molecular formula is C18H20N6S. The van der Waals surface area contributed by atoms with Crippen molar-refractivity contribution < 1.29 is 0 Å². The van der Waals surface area contributed by atoms with Crippen LogP contribution in [0, 0.1) is 5.92 Å². The van der Waals surface area contributed by atoms with E-state index in [2.05, 4.69) is 34.1 Å². The topological polar surface area (TPSA) is 103 Å². The smallest absolute Gasteiger partial charge is 0.132 e. The zero-order valence-electron chi connectivity index (χ0n) is 14.1. The quantitative estimate of drug-likeness (QED) is 0.608. The third-order valence-corrected chi connectivity index (χ3v) is 4.53. The van der Waals surface area contributed by atoms with Gasteiger partial charge in [-0.2, -0.15) is 0 Å². The van der Waals surface area contributed by atoms with Gasteiger partial charge in [-0.3, -0.25) is 9.97 Å². The molecule has 0 aliphatic heterocycles. The molecule has 3 aromatic heterocycles. The summed E-state index contributed by atoms with van der Waals surface area (Å²) < 4.78 is 0. The monoisotopic (exact) mass is 352 g/mol. The van der Waals surface area contributed by atoms with Gasteiger partial charge in [0.05, 0.1) is 21.4 Å². The summed E-state index contributed by atoms with van der Waals surface area (Å²) in [4.78, 5) is 14.2. The Labute approximate surface area is 150 Å². The fraction of sp³-hybridized carbons (Fsp3) is 0.167. The highest BCUT2D eigenvalue weighted by atomic mass is 32.1. The van der Waals surface area contributed by atoms with Gasteiger partial charge in [-0.25, -0.2) is 4.98 Å². The molecule has 5 N–H and O–H groups in total. The molecule has 0 aliphatic rings. The highest BCUT2D eigenvalue weighted by molar-refractivity contribution is 7.13. The standard InChI is InChI=1S/C18H20N6S/c1-11(2)12(7-19)6-17(20)24-18-4-3-14-15(23-18)5-13(8-22-14)16-9-21-10-25-16/h3-11H,19-20H2,1-2H3,(H,23,24)/b12-7+,17-6+. The van der Waals surface area contributed by atoms with Crippen LogP contribution in [0.1, 0.15) is 13.8 Å². The van der Waals surface area contributed by atoms with E-state index in [-0.39, 0.29) is 0 Å². The Balaban J connectivity index is 1.89. The van der Waals surface area contributed by atoms with Crippen molar-refractivity contribution in [2.75, 3.05) is 5.32 Å². The molecule has 0 aromatic carbocycles. The van der Waals surface area contributed by atoms with E-state index in [1.165, 1.54) is 0 Å². The average molecular weight is 352 g/mol. The van der Waals surface area contributed by atoms with E-state index >= 15 is 0 Å². The number of anilines is 1. The van der Waals surface area contributed by atoms with E-state index in [9.17, 15) is 0 Å². The van der Waals surface area contributed by atoms with Gasteiger partial charge in [0.15, 0.2) is 0 Å². The first-order chi connectivity index (χ1) is 12.1. The minimum absolute atomic E-state index is 0.293. The van der Waals surface area contributed by atoms with Crippen LogP contribution in [0.4, 0.5) is 5.82 Å². The second kappa shape index (κ2) is 7.31. The Morgan fingerprint density at radius 2 is 2.08 bits per heavy atom. The molecule has 0 spiro atoms. The van der Waals surface area contributed by atoms with Crippen molar-refractivity contribution in [3.63, 3.8) is 0 Å². The first kappa shape index (κ1) is 16.9. The number of pyridine rings is 2. The summed E-state index contributed by atoms with van der Waals surface area (Å²) in [5, 5.41) is 3.10. The highest BCUT2D eigenvalue weighted by Crippen LogP contribution is 2.25. The Kier molecular flexibility index (Phi) is 4.95. The maximum atomic E-state index is 6.06. The minimum atomic E-state index is 0.293. The number of fused-ring (bicyclic) bond motifs is 1. The van der Waals surface area contributed by atoms with Crippen molar-refractivity contribution in [1.29, 1.82) is 0 Å². The van der Waals surface area contributed by atoms with Gasteiger partial charge < -0.3 is 16.8 Å². The predicted molar refractivity (Wildman–Crippen MR) is 104 cm³/mol. The fourth-order valence-electron chi connectivity index (χ4n) is 2.34. The van der Waals surface area contributed by atoms with Crippen molar-refractivity contribution in [2.24, 2.45) is 17.4 Å². The molecule has 0 saturated carbocycles. The Morgan fingerprint density at radius 1 is 1.24 bits per heavy atom. The highest BCUT2D eigenvalue weighted by Gasteiger charge is 2.06. The molecule has 25 heavy (non-hydrogen) atoms. The molecule has 3 rings (SSSR count). The maximum Gasteiger partial charge on any atom is 0.132 e. The van der Waals surface area contributed by atoms with Gasteiger partial charge in [-0.1, -0.05) is 13.8 Å². The Bertz CT molecular complexity index is 928. The van der Waals surface area contributed by atoms with Gasteiger partial charge in [-0.15, -0.1) is 11.3 Å². The van der Waals surface area contributed by atoms with Crippen LogP contribution in [-0.2, 0) is 0 Å². The first-order valence-electron chi connectivity index (χ1n) is 7.88. The van der Waals surface area contributed by atoms with Crippen LogP contribution in [0.15, 0.2) is 59.8 Å². The SMILES string of the molecule is CC(C)C(=C/N)/C=C(\N)Nc1ccc2ncc(-c3cncs3)cc2n1. The van der Waals surface area contributed by atoms with Crippen molar-refractivity contribution >= 4 is 28.2 Å². The molecule has 0 amide bonds. The number of nitrogens with one attached hydrogen (secondary N) is 1. The maximum absolute atomic E-state index is 6.06. The normalized spacial score (nSPS) is 12.8. The van der Waals surface area contributed by atoms with Crippen molar-refractivity contribution in [2.45, 2.75) is 13.8 Å². The number of thiazole rings is 1. The van der Waals surface area contributed by atoms with Gasteiger partial charge in [0.25, 0.3) is 0 Å². The van der Waals surface area contributed by atoms with Crippen molar-refractivity contribution in [3.05, 3.63) is 59.8 Å². The summed E-state index contributed by atoms with van der Waals surface area (Å²) in [5.41, 5.74) is 17.1. The van der Waals surface area contributed by atoms with Gasteiger partial charge >= 0.3 is 0 Å². The van der Waals surface area contributed by atoms with E-state index in [0.29, 0.717) is 17.6 Å². The molecule has 3 heterocycles. The lowest BCUT2D eigenvalue weighted by Crippen LogP contribution is -2.11. The van der Waals surface area contributed by atoms with Crippen LogP contribution in [-0.4, -0.2) is 15.0 Å². The number of nitrogens with two attached hydrogens (primary N) is 2. The molecule has 0 fully saturated rings. The van der Waals surface area contributed by atoms with Crippen LogP contribution in [0.5, 0.6) is 0 Å². The van der Waals surface area contributed by atoms with Gasteiger partial charge in [0.1, 0.15) is 11.6 Å². The molecule has 3 aromatic rings. The largest absolute Gasteiger partial charge is 0.404 e. The first-order valence-corrected chi connectivity index (χ1v) is 8.76. The molecular weight excluding hydrogens is 332 g/mol. The van der Waals surface area contributed by atoms with E-state index in [4.69, 9.17) is 11.5 Å². The Morgan fingerprint density at radius 3 is 2.76 bits per heavy atom. The van der Waals surface area contributed by atoms with Crippen molar-refractivity contribution in [1.82, 2.24) is 15.0 Å². The third kappa shape index (κ3) is 3.95. The zero-order chi connectivity index (χ0) is 17.8. The van der Waals surface area contributed by atoms with Crippen molar-refractivity contribution in [3.8, 4) is 10.4 Å². The zero-order valence-corrected chi connectivity index (χ0v) is 14.9. The van der Waals surface area contributed by atoms with E-state index in [1.807, 2.05) is 36.7 Å². The molecule has 0 atom stereocenters. The number of hydrogen-bond acceptors (Lipinski definition) is 7. The molecule has 0 bridgehead atoms. The number of allylic oxidation sites excluding steroid dienone is 2. The predicted octanol–water partition coefficient (Wildman–Crippen LogP) is 3.46.